The van der Waals surface area contributed by atoms with Gasteiger partial charge in [0, 0.05) is 5.92 Å². The van der Waals surface area contributed by atoms with Crippen molar-refractivity contribution in [2.75, 3.05) is 6.61 Å². The Morgan fingerprint density at radius 1 is 1.05 bits per heavy atom. The van der Waals surface area contributed by atoms with Crippen LogP contribution in [0.15, 0.2) is 0 Å². The molecule has 1 rings (SSSR count). The molecule has 4 amide bonds. The van der Waals surface area contributed by atoms with Gasteiger partial charge in [-0.3, -0.25) is 20.4 Å². The fraction of sp³-hybridized carbons (Fsp3) is 0.667. The van der Waals surface area contributed by atoms with Crippen LogP contribution in [-0.4, -0.2) is 36.7 Å². The number of hydrogen-bond donors (Lipinski definition) is 4. The minimum absolute atomic E-state index is 0.0678. The molecule has 1 saturated carbocycles. The number of ether oxygens (including phenoxy) is 2. The highest BCUT2D eigenvalue weighted by molar-refractivity contribution is 5.87. The van der Waals surface area contributed by atoms with Crippen molar-refractivity contribution in [1.29, 1.82) is 0 Å². The molecule has 1 atom stereocenters. The molecule has 6 N–H and O–H groups in total. The molecule has 10 heteroatoms. The van der Waals surface area contributed by atoms with Gasteiger partial charge in [-0.25, -0.2) is 9.59 Å². The summed E-state index contributed by atoms with van der Waals surface area (Å²) in [6.45, 7) is 0.0959. The Balaban J connectivity index is 2.30. The van der Waals surface area contributed by atoms with E-state index in [1.165, 1.54) is 0 Å². The van der Waals surface area contributed by atoms with E-state index in [0.717, 1.165) is 12.8 Å². The van der Waals surface area contributed by atoms with Crippen molar-refractivity contribution < 1.29 is 28.7 Å². The first-order valence-corrected chi connectivity index (χ1v) is 6.88. The Labute approximate surface area is 126 Å². The van der Waals surface area contributed by atoms with Gasteiger partial charge in [0.05, 0.1) is 6.61 Å². The Kier molecular flexibility index (Phi) is 6.93. The smallest absolute Gasteiger partial charge is 0.405 e. The third-order valence-corrected chi connectivity index (χ3v) is 2.91. The van der Waals surface area contributed by atoms with Gasteiger partial charge in [0.1, 0.15) is 0 Å². The van der Waals surface area contributed by atoms with Gasteiger partial charge in [0.15, 0.2) is 6.10 Å². The number of unbranched alkanes of at least 4 members (excludes halogenated alkanes) is 1. The van der Waals surface area contributed by atoms with E-state index in [1.54, 1.807) is 0 Å². The fourth-order valence-corrected chi connectivity index (χ4v) is 1.64. The van der Waals surface area contributed by atoms with Crippen molar-refractivity contribution in [2.24, 2.45) is 17.4 Å². The number of amides is 4. The van der Waals surface area contributed by atoms with Gasteiger partial charge in [-0.1, -0.05) is 0 Å². The van der Waals surface area contributed by atoms with E-state index >= 15 is 0 Å². The molecule has 0 spiro atoms. The normalized spacial score (nSPS) is 14.5. The number of hydrazine groups is 1. The van der Waals surface area contributed by atoms with Crippen LogP contribution in [-0.2, 0) is 19.1 Å². The first-order chi connectivity index (χ1) is 10.4. The molecular formula is C12H20N4O6. The van der Waals surface area contributed by atoms with E-state index in [0.29, 0.717) is 12.8 Å². The fourth-order valence-electron chi connectivity index (χ4n) is 1.64. The number of nitrogens with two attached hydrogens (primary N) is 2. The second-order valence-corrected chi connectivity index (χ2v) is 4.84. The van der Waals surface area contributed by atoms with Crippen LogP contribution in [0.5, 0.6) is 0 Å². The number of carbonyl (C=O) groups excluding carboxylic acids is 4. The molecular weight excluding hydrogens is 296 g/mol. The number of nitrogens with one attached hydrogen (secondary N) is 2. The third-order valence-electron chi connectivity index (χ3n) is 2.91. The van der Waals surface area contributed by atoms with Crippen LogP contribution in [0, 0.1) is 5.92 Å². The van der Waals surface area contributed by atoms with Gasteiger partial charge in [-0.2, -0.15) is 0 Å². The van der Waals surface area contributed by atoms with E-state index in [9.17, 15) is 19.2 Å². The average Bonchev–Trinajstić information content (AvgIpc) is 3.26. The summed E-state index contributed by atoms with van der Waals surface area (Å²) in [6, 6.07) is 0. The molecule has 0 aromatic rings. The SMILES string of the molecule is NC(=O)OCCCCC(OC(N)=O)C(=O)NNC(=O)C1CC1. The van der Waals surface area contributed by atoms with Gasteiger partial charge < -0.3 is 20.9 Å². The summed E-state index contributed by atoms with van der Waals surface area (Å²) in [6.07, 6.45) is -0.502. The highest BCUT2D eigenvalue weighted by Crippen LogP contribution is 2.28. The second kappa shape index (κ2) is 8.70. The lowest BCUT2D eigenvalue weighted by molar-refractivity contribution is -0.135. The zero-order chi connectivity index (χ0) is 16.5. The maximum Gasteiger partial charge on any atom is 0.405 e. The molecule has 0 heterocycles. The van der Waals surface area contributed by atoms with Crippen molar-refractivity contribution in [3.8, 4) is 0 Å². The van der Waals surface area contributed by atoms with Crippen LogP contribution in [0.3, 0.4) is 0 Å². The molecule has 1 aliphatic carbocycles. The first kappa shape index (κ1) is 17.5. The highest BCUT2D eigenvalue weighted by Gasteiger charge is 2.30. The highest BCUT2D eigenvalue weighted by atomic mass is 16.6. The summed E-state index contributed by atoms with van der Waals surface area (Å²) in [7, 11) is 0. The van der Waals surface area contributed by atoms with Crippen LogP contribution >= 0.6 is 0 Å². The van der Waals surface area contributed by atoms with E-state index in [4.69, 9.17) is 16.2 Å². The molecule has 10 nitrogen and oxygen atoms in total. The van der Waals surface area contributed by atoms with Crippen molar-refractivity contribution in [3.05, 3.63) is 0 Å². The number of rotatable bonds is 8. The lowest BCUT2D eigenvalue weighted by atomic mass is 10.1. The molecule has 22 heavy (non-hydrogen) atoms. The lowest BCUT2D eigenvalue weighted by Gasteiger charge is -2.16. The van der Waals surface area contributed by atoms with E-state index in [2.05, 4.69) is 15.6 Å². The van der Waals surface area contributed by atoms with Crippen LogP contribution in [0.4, 0.5) is 9.59 Å². The topological polar surface area (TPSA) is 163 Å². The number of carbonyl (C=O) groups is 4. The Morgan fingerprint density at radius 2 is 1.73 bits per heavy atom. The van der Waals surface area contributed by atoms with Crippen LogP contribution in [0.1, 0.15) is 32.1 Å². The zero-order valence-corrected chi connectivity index (χ0v) is 12.0. The summed E-state index contributed by atoms with van der Waals surface area (Å²) in [5.74, 6) is -1.02. The van der Waals surface area contributed by atoms with Crippen molar-refractivity contribution in [3.63, 3.8) is 0 Å². The van der Waals surface area contributed by atoms with E-state index in [1.807, 2.05) is 0 Å². The zero-order valence-electron chi connectivity index (χ0n) is 12.0. The Hall–Kier alpha value is -2.52. The van der Waals surface area contributed by atoms with Gasteiger partial charge in [-0.05, 0) is 32.1 Å². The molecule has 0 radical (unpaired) electrons. The van der Waals surface area contributed by atoms with E-state index < -0.39 is 24.2 Å². The molecule has 0 aromatic heterocycles. The van der Waals surface area contributed by atoms with Crippen LogP contribution in [0.25, 0.3) is 0 Å². The summed E-state index contributed by atoms with van der Waals surface area (Å²) >= 11 is 0. The van der Waals surface area contributed by atoms with Gasteiger partial charge in [0.25, 0.3) is 5.91 Å². The molecule has 0 aliphatic heterocycles. The Morgan fingerprint density at radius 3 is 2.27 bits per heavy atom. The summed E-state index contributed by atoms with van der Waals surface area (Å²) in [5.41, 5.74) is 14.1. The van der Waals surface area contributed by atoms with Crippen molar-refractivity contribution in [2.45, 2.75) is 38.2 Å². The summed E-state index contributed by atoms with van der Waals surface area (Å²) in [5, 5.41) is 0. The Bertz CT molecular complexity index is 437. The molecule has 1 aliphatic rings. The van der Waals surface area contributed by atoms with Gasteiger partial charge >= 0.3 is 12.2 Å². The lowest BCUT2D eigenvalue weighted by Crippen LogP contribution is -2.48. The van der Waals surface area contributed by atoms with Crippen molar-refractivity contribution >= 4 is 24.0 Å². The average molecular weight is 316 g/mol. The molecule has 1 unspecified atom stereocenters. The largest absolute Gasteiger partial charge is 0.450 e. The molecule has 0 bridgehead atoms. The van der Waals surface area contributed by atoms with Gasteiger partial charge in [-0.15, -0.1) is 0 Å². The molecule has 124 valence electrons. The quantitative estimate of drug-likeness (QED) is 0.341. The number of primary amides is 2. The predicted molar refractivity (Wildman–Crippen MR) is 72.9 cm³/mol. The van der Waals surface area contributed by atoms with Crippen LogP contribution in [0.2, 0.25) is 0 Å². The van der Waals surface area contributed by atoms with Crippen LogP contribution < -0.4 is 22.3 Å². The maximum absolute atomic E-state index is 11.8. The standard InChI is InChI=1S/C12H20N4O6/c13-11(19)21-6-2-1-3-8(22-12(14)20)10(18)16-15-9(17)7-4-5-7/h7-8H,1-6H2,(H2,13,19)(H2,14,20)(H,15,17)(H,16,18). The molecule has 0 aromatic carbocycles. The molecule has 0 saturated heterocycles. The molecule has 1 fully saturated rings. The first-order valence-electron chi connectivity index (χ1n) is 6.88. The van der Waals surface area contributed by atoms with Gasteiger partial charge in [0.2, 0.25) is 5.91 Å². The maximum atomic E-state index is 11.8. The monoisotopic (exact) mass is 316 g/mol. The number of hydrogen-bond acceptors (Lipinski definition) is 6. The third kappa shape index (κ3) is 7.31. The van der Waals surface area contributed by atoms with Crippen molar-refractivity contribution in [1.82, 2.24) is 10.9 Å². The predicted octanol–water partition coefficient (Wildman–Crippen LogP) is -0.727. The van der Waals surface area contributed by atoms with E-state index in [-0.39, 0.29) is 24.9 Å². The second-order valence-electron chi connectivity index (χ2n) is 4.84. The summed E-state index contributed by atoms with van der Waals surface area (Å²) < 4.78 is 9.22. The minimum Gasteiger partial charge on any atom is -0.450 e. The summed E-state index contributed by atoms with van der Waals surface area (Å²) in [4.78, 5) is 44.4. The minimum atomic E-state index is -1.13.